The van der Waals surface area contributed by atoms with Gasteiger partial charge in [-0.15, -0.1) is 0 Å². The third kappa shape index (κ3) is 18.5. The van der Waals surface area contributed by atoms with Crippen LogP contribution in [0.25, 0.3) is 0 Å². The molecule has 0 saturated heterocycles. The van der Waals surface area contributed by atoms with Crippen LogP contribution in [0.1, 0.15) is 91.9 Å². The summed E-state index contributed by atoms with van der Waals surface area (Å²) >= 11 is 5.68. The Hall–Kier alpha value is -3.58. The lowest BCUT2D eigenvalue weighted by atomic mass is 9.91. The summed E-state index contributed by atoms with van der Waals surface area (Å²) in [6, 6.07) is 6.21. The number of rotatable bonds is 13. The molecule has 0 spiro atoms. The van der Waals surface area contributed by atoms with Crippen LogP contribution in [0.5, 0.6) is 5.75 Å². The summed E-state index contributed by atoms with van der Waals surface area (Å²) < 4.78 is 19.6. The van der Waals surface area contributed by atoms with Gasteiger partial charge in [-0.05, 0) is 72.1 Å². The number of aromatic hydroxyl groups is 1. The van der Waals surface area contributed by atoms with Gasteiger partial charge in [0.1, 0.15) is 32.2 Å². The van der Waals surface area contributed by atoms with Gasteiger partial charge in [0.05, 0.1) is 33.4 Å². The SMILES string of the molecule is C=C(C)C(=O)OCCOC(=O)C(C)(C)CC.CCC(C)(C)C#N.CCC(C)C(=O)OCCOC(=O)c1ccc(O)c(Cl)c1. The van der Waals surface area contributed by atoms with Crippen LogP contribution in [0.15, 0.2) is 30.4 Å². The van der Waals surface area contributed by atoms with E-state index in [9.17, 15) is 24.3 Å². The summed E-state index contributed by atoms with van der Waals surface area (Å²) in [4.78, 5) is 45.5. The van der Waals surface area contributed by atoms with E-state index in [-0.39, 0.29) is 66.0 Å². The lowest BCUT2D eigenvalue weighted by Crippen LogP contribution is -2.27. The van der Waals surface area contributed by atoms with Crippen LogP contribution in [0.2, 0.25) is 5.02 Å². The quantitative estimate of drug-likeness (QED) is 0.107. The first-order valence-corrected chi connectivity index (χ1v) is 14.5. The molecule has 0 amide bonds. The Kier molecular flexibility index (Phi) is 20.5. The lowest BCUT2D eigenvalue weighted by Gasteiger charge is -2.20. The third-order valence-corrected chi connectivity index (χ3v) is 6.58. The van der Waals surface area contributed by atoms with E-state index in [1.54, 1.807) is 13.8 Å². The van der Waals surface area contributed by atoms with E-state index in [4.69, 9.17) is 35.8 Å². The number of benzene rings is 1. The van der Waals surface area contributed by atoms with Crippen LogP contribution in [-0.4, -0.2) is 55.4 Å². The summed E-state index contributed by atoms with van der Waals surface area (Å²) in [5.41, 5.74) is -0.0421. The largest absolute Gasteiger partial charge is 0.506 e. The minimum atomic E-state index is -0.591. The molecule has 0 aliphatic rings. The molecule has 0 fully saturated rings. The Morgan fingerprint density at radius 1 is 0.953 bits per heavy atom. The number of ether oxygens (including phenoxy) is 4. The molecular formula is C32H48ClNO9. The van der Waals surface area contributed by atoms with Crippen molar-refractivity contribution in [1.29, 1.82) is 5.26 Å². The fourth-order valence-corrected chi connectivity index (χ4v) is 2.29. The first kappa shape index (κ1) is 41.6. The van der Waals surface area contributed by atoms with E-state index in [1.165, 1.54) is 18.2 Å². The molecule has 10 nitrogen and oxygen atoms in total. The van der Waals surface area contributed by atoms with Gasteiger partial charge in [0.25, 0.3) is 0 Å². The second-order valence-electron chi connectivity index (χ2n) is 10.9. The van der Waals surface area contributed by atoms with E-state index >= 15 is 0 Å². The van der Waals surface area contributed by atoms with E-state index in [2.05, 4.69) is 12.6 Å². The molecule has 1 aromatic rings. The second kappa shape index (κ2) is 21.2. The molecule has 1 N–H and O–H groups in total. The second-order valence-corrected chi connectivity index (χ2v) is 11.3. The average Bonchev–Trinajstić information content (AvgIpc) is 2.98. The lowest BCUT2D eigenvalue weighted by molar-refractivity contribution is -0.158. The highest BCUT2D eigenvalue weighted by Gasteiger charge is 2.26. The Bertz CT molecular complexity index is 1110. The number of phenols is 1. The van der Waals surface area contributed by atoms with Crippen molar-refractivity contribution in [2.45, 2.75) is 81.6 Å². The summed E-state index contributed by atoms with van der Waals surface area (Å²) in [6.07, 6.45) is 2.34. The molecule has 0 aromatic heterocycles. The minimum absolute atomic E-state index is 0.0146. The van der Waals surface area contributed by atoms with Gasteiger partial charge in [0.2, 0.25) is 0 Å². The van der Waals surface area contributed by atoms with Crippen molar-refractivity contribution in [3.63, 3.8) is 0 Å². The summed E-state index contributed by atoms with van der Waals surface area (Å²) in [5, 5.41) is 17.7. The third-order valence-electron chi connectivity index (χ3n) is 6.28. The number of phenolic OH excluding ortho intramolecular Hbond substituents is 1. The topological polar surface area (TPSA) is 149 Å². The number of carbonyl (C=O) groups is 4. The molecule has 43 heavy (non-hydrogen) atoms. The van der Waals surface area contributed by atoms with Crippen LogP contribution >= 0.6 is 11.6 Å². The smallest absolute Gasteiger partial charge is 0.338 e. The number of hydrogen-bond donors (Lipinski definition) is 1. The minimum Gasteiger partial charge on any atom is -0.506 e. The van der Waals surface area contributed by atoms with Crippen molar-refractivity contribution in [2.75, 3.05) is 26.4 Å². The van der Waals surface area contributed by atoms with Crippen LogP contribution in [-0.2, 0) is 33.3 Å². The number of hydrogen-bond acceptors (Lipinski definition) is 10. The van der Waals surface area contributed by atoms with Crippen molar-refractivity contribution in [1.82, 2.24) is 0 Å². The predicted molar refractivity (Wildman–Crippen MR) is 164 cm³/mol. The monoisotopic (exact) mass is 625 g/mol. The maximum atomic E-state index is 11.6. The molecule has 242 valence electrons. The molecule has 0 aliphatic heterocycles. The molecule has 1 aromatic carbocycles. The van der Waals surface area contributed by atoms with Crippen LogP contribution < -0.4 is 0 Å². The highest BCUT2D eigenvalue weighted by Crippen LogP contribution is 2.24. The van der Waals surface area contributed by atoms with E-state index in [0.29, 0.717) is 18.4 Å². The predicted octanol–water partition coefficient (Wildman–Crippen LogP) is 6.82. The van der Waals surface area contributed by atoms with Gasteiger partial charge in [0, 0.05) is 5.57 Å². The van der Waals surface area contributed by atoms with Gasteiger partial charge in [-0.25, -0.2) is 9.59 Å². The zero-order chi connectivity index (χ0) is 33.8. The fourth-order valence-electron chi connectivity index (χ4n) is 2.11. The van der Waals surface area contributed by atoms with Gasteiger partial charge in [-0.2, -0.15) is 5.26 Å². The summed E-state index contributed by atoms with van der Waals surface area (Å²) in [5.74, 6) is -1.91. The Balaban J connectivity index is 0. The molecule has 1 rings (SSSR count). The van der Waals surface area contributed by atoms with Crippen molar-refractivity contribution < 1.29 is 43.2 Å². The highest BCUT2D eigenvalue weighted by molar-refractivity contribution is 6.32. The first-order valence-electron chi connectivity index (χ1n) is 14.1. The molecule has 0 saturated carbocycles. The van der Waals surface area contributed by atoms with E-state index in [0.717, 1.165) is 6.42 Å². The standard InChI is InChI=1S/C14H17ClO5.C12H20O4.C6H11N/c1-3-9(2)13(17)19-6-7-20-14(18)10-4-5-12(16)11(15)8-10;1-6-12(4,5)11(14)16-8-7-15-10(13)9(2)3;1-4-6(2,3)5-7/h4-5,8-9,16H,3,6-7H2,1-2H3;2,6-8H2,1,3-5H3;4H2,1-3H3. The zero-order valence-corrected chi connectivity index (χ0v) is 27.8. The molecule has 11 heteroatoms. The molecular weight excluding hydrogens is 578 g/mol. The van der Waals surface area contributed by atoms with Gasteiger partial charge in [-0.3, -0.25) is 9.59 Å². The highest BCUT2D eigenvalue weighted by atomic mass is 35.5. The molecule has 0 bridgehead atoms. The number of esters is 4. The van der Waals surface area contributed by atoms with Crippen molar-refractivity contribution in [3.05, 3.63) is 40.9 Å². The number of halogens is 1. The van der Waals surface area contributed by atoms with Crippen molar-refractivity contribution >= 4 is 35.5 Å². The van der Waals surface area contributed by atoms with E-state index < -0.39 is 17.4 Å². The molecule has 0 heterocycles. The Labute approximate surface area is 261 Å². The Morgan fingerprint density at radius 2 is 1.49 bits per heavy atom. The van der Waals surface area contributed by atoms with Crippen LogP contribution in [0, 0.1) is 28.1 Å². The Morgan fingerprint density at radius 3 is 1.93 bits per heavy atom. The first-order chi connectivity index (χ1) is 19.9. The number of nitrogens with zero attached hydrogens (tertiary/aromatic N) is 1. The molecule has 0 aliphatic carbocycles. The van der Waals surface area contributed by atoms with Gasteiger partial charge < -0.3 is 24.1 Å². The fraction of sp³-hybridized carbons (Fsp3) is 0.594. The van der Waals surface area contributed by atoms with Crippen LogP contribution in [0.3, 0.4) is 0 Å². The maximum Gasteiger partial charge on any atom is 0.338 e. The van der Waals surface area contributed by atoms with Gasteiger partial charge in [-0.1, -0.05) is 45.9 Å². The summed E-state index contributed by atoms with van der Waals surface area (Å²) in [6.45, 7) is 20.2. The van der Waals surface area contributed by atoms with E-state index in [1.807, 2.05) is 48.5 Å². The molecule has 1 atom stereocenters. The molecule has 1 unspecified atom stereocenters. The van der Waals surface area contributed by atoms with Gasteiger partial charge >= 0.3 is 23.9 Å². The van der Waals surface area contributed by atoms with Crippen molar-refractivity contribution in [2.24, 2.45) is 16.7 Å². The average molecular weight is 626 g/mol. The zero-order valence-electron chi connectivity index (χ0n) is 27.0. The van der Waals surface area contributed by atoms with Crippen LogP contribution in [0.4, 0.5) is 0 Å². The summed E-state index contributed by atoms with van der Waals surface area (Å²) in [7, 11) is 0. The number of carbonyl (C=O) groups excluding carboxylic acids is 4. The van der Waals surface area contributed by atoms with Gasteiger partial charge in [0.15, 0.2) is 0 Å². The number of nitriles is 1. The normalized spacial score (nSPS) is 11.2. The maximum absolute atomic E-state index is 11.6. The molecule has 0 radical (unpaired) electrons. The van der Waals surface area contributed by atoms with Crippen molar-refractivity contribution in [3.8, 4) is 11.8 Å².